The van der Waals surface area contributed by atoms with Gasteiger partial charge in [0.25, 0.3) is 0 Å². The van der Waals surface area contributed by atoms with Crippen molar-refractivity contribution in [2.24, 2.45) is 15.9 Å². The van der Waals surface area contributed by atoms with Gasteiger partial charge in [-0.25, -0.2) is 0 Å². The number of ether oxygens (including phenoxy) is 1. The fourth-order valence-electron chi connectivity index (χ4n) is 4.89. The summed E-state index contributed by atoms with van der Waals surface area (Å²) in [4.78, 5) is 28.8. The highest BCUT2D eigenvalue weighted by molar-refractivity contribution is 6.14. The van der Waals surface area contributed by atoms with Crippen LogP contribution in [-0.4, -0.2) is 35.0 Å². The van der Waals surface area contributed by atoms with Gasteiger partial charge in [-0.2, -0.15) is 0 Å². The number of aromatic nitrogens is 2. The molecule has 2 N–H and O–H groups in total. The summed E-state index contributed by atoms with van der Waals surface area (Å²) in [6.07, 6.45) is 6.96. The first-order valence-corrected chi connectivity index (χ1v) is 12.8. The number of carbonyl (C=O) groups excluding carboxylic acids is 1. The second-order valence-electron chi connectivity index (χ2n) is 10.3. The van der Waals surface area contributed by atoms with Crippen LogP contribution in [0.4, 0.5) is 0 Å². The molecule has 6 heteroatoms. The molecule has 0 saturated carbocycles. The number of methoxy groups -OCH3 is 1. The Morgan fingerprint density at radius 2 is 1.38 bits per heavy atom. The molecule has 0 amide bonds. The maximum absolute atomic E-state index is 12.1. The van der Waals surface area contributed by atoms with Crippen LogP contribution in [0.5, 0.6) is 0 Å². The van der Waals surface area contributed by atoms with Crippen LogP contribution in [0, 0.1) is 33.6 Å². The van der Waals surface area contributed by atoms with Gasteiger partial charge in [0.15, 0.2) is 0 Å². The smallest absolute Gasteiger partial charge is 0.314 e. The Bertz CT molecular complexity index is 1480. The number of allylic oxidation sites excluding steroid dienone is 4. The number of aliphatic imine (C=N–C) groups is 2. The predicted molar refractivity (Wildman–Crippen MR) is 153 cm³/mol. The minimum Gasteiger partial charge on any atom is -0.469 e. The van der Waals surface area contributed by atoms with E-state index in [1.807, 2.05) is 20.1 Å². The predicted octanol–water partition coefficient (Wildman–Crippen LogP) is 6.87. The molecular formula is C31H38N4O2. The summed E-state index contributed by atoms with van der Waals surface area (Å²) in [5.74, 6) is -0.664. The summed E-state index contributed by atoms with van der Waals surface area (Å²) in [5.41, 5.74) is 16.8. The number of hydrogen-bond donors (Lipinski definition) is 2. The van der Waals surface area contributed by atoms with Crippen molar-refractivity contribution in [1.82, 2.24) is 9.97 Å². The molecular weight excluding hydrogens is 460 g/mol. The topological polar surface area (TPSA) is 82.6 Å². The molecule has 1 unspecified atom stereocenters. The number of nitrogens with zero attached hydrogens (tertiary/aromatic N) is 2. The molecule has 0 aromatic carbocycles. The molecule has 4 heterocycles. The van der Waals surface area contributed by atoms with E-state index >= 15 is 0 Å². The molecule has 0 bridgehead atoms. The average molecular weight is 499 g/mol. The number of carbonyl (C=O) groups is 1. The molecule has 0 radical (unpaired) electrons. The average Bonchev–Trinajstić information content (AvgIpc) is 3.53. The molecule has 2 aromatic heterocycles. The van der Waals surface area contributed by atoms with Gasteiger partial charge in [-0.3, -0.25) is 14.8 Å². The van der Waals surface area contributed by atoms with E-state index in [2.05, 4.69) is 75.6 Å². The highest BCUT2D eigenvalue weighted by Gasteiger charge is 2.27. The van der Waals surface area contributed by atoms with E-state index in [9.17, 15) is 4.79 Å². The quantitative estimate of drug-likeness (QED) is 0.426. The van der Waals surface area contributed by atoms with Gasteiger partial charge in [0.1, 0.15) is 0 Å². The number of esters is 1. The summed E-state index contributed by atoms with van der Waals surface area (Å²) >= 11 is 0. The molecule has 2 aromatic rings. The van der Waals surface area contributed by atoms with Crippen molar-refractivity contribution in [2.45, 2.75) is 68.7 Å². The third kappa shape index (κ3) is 4.73. The highest BCUT2D eigenvalue weighted by Crippen LogP contribution is 2.32. The maximum Gasteiger partial charge on any atom is 0.314 e. The van der Waals surface area contributed by atoms with E-state index in [1.165, 1.54) is 51.9 Å². The fraction of sp³-hybridized carbons (Fsp3) is 0.387. The van der Waals surface area contributed by atoms with Crippen molar-refractivity contribution in [3.8, 4) is 0 Å². The SMILES string of the molecule is COC(=O)C(C)C1=N/C(=C\c2[nH]c(Cc3[nH]c(/C=C4\N=CC(C)=C4C)c(C)c3C)c(C)c2C)C(C)=C1C. The van der Waals surface area contributed by atoms with Gasteiger partial charge in [0.05, 0.1) is 30.1 Å². The van der Waals surface area contributed by atoms with Crippen LogP contribution >= 0.6 is 0 Å². The normalized spacial score (nSPS) is 18.6. The van der Waals surface area contributed by atoms with Gasteiger partial charge in [0, 0.05) is 35.4 Å². The Labute approximate surface area is 220 Å². The fourth-order valence-corrected chi connectivity index (χ4v) is 4.89. The first-order chi connectivity index (χ1) is 17.4. The van der Waals surface area contributed by atoms with Crippen LogP contribution in [0.3, 0.4) is 0 Å². The van der Waals surface area contributed by atoms with Gasteiger partial charge in [0.2, 0.25) is 0 Å². The number of aromatic amines is 2. The maximum atomic E-state index is 12.1. The Kier molecular flexibility index (Phi) is 7.13. The zero-order valence-electron chi connectivity index (χ0n) is 23.7. The molecule has 0 spiro atoms. The van der Waals surface area contributed by atoms with Gasteiger partial charge in [-0.15, -0.1) is 0 Å². The number of hydrogen-bond acceptors (Lipinski definition) is 4. The van der Waals surface area contributed by atoms with Crippen molar-refractivity contribution >= 4 is 30.0 Å². The third-order valence-corrected chi connectivity index (χ3v) is 8.23. The van der Waals surface area contributed by atoms with E-state index in [0.29, 0.717) is 0 Å². The lowest BCUT2D eigenvalue weighted by atomic mass is 9.98. The lowest BCUT2D eigenvalue weighted by Gasteiger charge is -2.09. The van der Waals surface area contributed by atoms with Gasteiger partial charge in [-0.05, 0) is 119 Å². The number of H-pyrrole nitrogens is 2. The van der Waals surface area contributed by atoms with Crippen molar-refractivity contribution < 1.29 is 9.53 Å². The van der Waals surface area contributed by atoms with Crippen molar-refractivity contribution in [3.05, 3.63) is 78.7 Å². The van der Waals surface area contributed by atoms with E-state index in [4.69, 9.17) is 9.73 Å². The zero-order valence-corrected chi connectivity index (χ0v) is 23.7. The highest BCUT2D eigenvalue weighted by atomic mass is 16.5. The second kappa shape index (κ2) is 10.0. The zero-order chi connectivity index (χ0) is 27.2. The van der Waals surface area contributed by atoms with Crippen LogP contribution in [0.2, 0.25) is 0 Å². The lowest BCUT2D eigenvalue weighted by Crippen LogP contribution is -2.22. The number of nitrogens with one attached hydrogen (secondary N) is 2. The first kappa shape index (κ1) is 26.4. The van der Waals surface area contributed by atoms with Crippen LogP contribution in [-0.2, 0) is 16.0 Å². The van der Waals surface area contributed by atoms with Crippen molar-refractivity contribution in [1.29, 1.82) is 0 Å². The van der Waals surface area contributed by atoms with Crippen LogP contribution in [0.1, 0.15) is 79.6 Å². The Balaban J connectivity index is 1.65. The lowest BCUT2D eigenvalue weighted by molar-refractivity contribution is -0.142. The summed E-state index contributed by atoms with van der Waals surface area (Å²) in [6.45, 7) is 18.8. The van der Waals surface area contributed by atoms with Crippen LogP contribution < -0.4 is 0 Å². The van der Waals surface area contributed by atoms with E-state index in [-0.39, 0.29) is 5.97 Å². The van der Waals surface area contributed by atoms with Crippen LogP contribution in [0.15, 0.2) is 43.7 Å². The molecule has 0 aliphatic carbocycles. The molecule has 2 aliphatic heterocycles. The molecule has 1 atom stereocenters. The summed E-state index contributed by atoms with van der Waals surface area (Å²) < 4.78 is 4.94. The van der Waals surface area contributed by atoms with E-state index in [1.54, 1.807) is 0 Å². The van der Waals surface area contributed by atoms with E-state index in [0.717, 1.165) is 46.1 Å². The molecule has 6 nitrogen and oxygen atoms in total. The Morgan fingerprint density at radius 1 is 0.838 bits per heavy atom. The summed E-state index contributed by atoms with van der Waals surface area (Å²) in [7, 11) is 1.42. The van der Waals surface area contributed by atoms with E-state index < -0.39 is 5.92 Å². The molecule has 0 saturated heterocycles. The molecule has 37 heavy (non-hydrogen) atoms. The summed E-state index contributed by atoms with van der Waals surface area (Å²) in [6, 6.07) is 0. The van der Waals surface area contributed by atoms with Crippen molar-refractivity contribution in [3.63, 3.8) is 0 Å². The Morgan fingerprint density at radius 3 is 1.86 bits per heavy atom. The summed E-state index contributed by atoms with van der Waals surface area (Å²) in [5, 5.41) is 0. The number of rotatable bonds is 6. The van der Waals surface area contributed by atoms with Gasteiger partial charge < -0.3 is 14.7 Å². The van der Waals surface area contributed by atoms with Crippen molar-refractivity contribution in [2.75, 3.05) is 7.11 Å². The van der Waals surface area contributed by atoms with Gasteiger partial charge >= 0.3 is 5.97 Å². The second-order valence-corrected chi connectivity index (χ2v) is 10.3. The van der Waals surface area contributed by atoms with Crippen LogP contribution in [0.25, 0.3) is 12.2 Å². The largest absolute Gasteiger partial charge is 0.469 e. The molecule has 2 aliphatic rings. The standard InChI is InChI=1S/C31H38N4O2/c1-15-14-32-24(16(15)2)11-25-17(3)18(4)26(33-25)12-27-19(5)20(6)28(34-27)13-29-21(7)22(8)30(35-29)23(9)31(36)37-10/h11,13-14,23,33-34H,12H2,1-10H3/b24-11-,29-13-. The molecule has 4 rings (SSSR count). The third-order valence-electron chi connectivity index (χ3n) is 8.23. The minimum atomic E-state index is -0.394. The van der Waals surface area contributed by atoms with Gasteiger partial charge in [-0.1, -0.05) is 0 Å². The first-order valence-electron chi connectivity index (χ1n) is 12.8. The molecule has 194 valence electrons. The molecule has 0 fully saturated rings. The monoisotopic (exact) mass is 498 g/mol. The Hall–Kier alpha value is -3.67. The minimum absolute atomic E-state index is 0.269.